The van der Waals surface area contributed by atoms with Crippen LogP contribution in [0.5, 0.6) is 0 Å². The number of carbonyl (C=O) groups excluding carboxylic acids is 1. The molecule has 7 nitrogen and oxygen atoms in total. The molecule has 8 heteroatoms. The molecule has 17 heavy (non-hydrogen) atoms. The van der Waals surface area contributed by atoms with E-state index in [2.05, 4.69) is 14.3 Å². The van der Waals surface area contributed by atoms with Gasteiger partial charge in [0.25, 0.3) is 0 Å². The van der Waals surface area contributed by atoms with Gasteiger partial charge in [-0.2, -0.15) is 9.36 Å². The summed E-state index contributed by atoms with van der Waals surface area (Å²) in [5.41, 5.74) is 11.1. The Morgan fingerprint density at radius 1 is 1.41 bits per heavy atom. The summed E-state index contributed by atoms with van der Waals surface area (Å²) in [6, 6.07) is -0.432. The molecule has 0 saturated carbocycles. The molecule has 0 aliphatic carbocycles. The van der Waals surface area contributed by atoms with Crippen LogP contribution in [-0.2, 0) is 4.79 Å². The van der Waals surface area contributed by atoms with E-state index in [1.165, 1.54) is 11.5 Å². The van der Waals surface area contributed by atoms with Crippen molar-refractivity contribution >= 4 is 28.5 Å². The third-order valence-corrected chi connectivity index (χ3v) is 3.47. The Balaban J connectivity index is 1.92. The number of piperazine rings is 1. The van der Waals surface area contributed by atoms with Crippen LogP contribution in [0.4, 0.5) is 11.1 Å². The van der Waals surface area contributed by atoms with E-state index in [-0.39, 0.29) is 5.91 Å². The van der Waals surface area contributed by atoms with Crippen LogP contribution in [0.15, 0.2) is 0 Å². The topological polar surface area (TPSA) is 101 Å². The summed E-state index contributed by atoms with van der Waals surface area (Å²) in [6.07, 6.45) is 0. The van der Waals surface area contributed by atoms with Gasteiger partial charge in [0, 0.05) is 37.7 Å². The first kappa shape index (κ1) is 12.1. The molecule has 0 unspecified atom stereocenters. The van der Waals surface area contributed by atoms with Crippen LogP contribution >= 0.6 is 11.5 Å². The highest BCUT2D eigenvalue weighted by Gasteiger charge is 2.24. The van der Waals surface area contributed by atoms with Gasteiger partial charge in [0.05, 0.1) is 6.04 Å². The lowest BCUT2D eigenvalue weighted by Gasteiger charge is -2.35. The number of hydrogen-bond donors (Lipinski definition) is 2. The number of amides is 1. The molecule has 0 radical (unpaired) electrons. The van der Waals surface area contributed by atoms with E-state index in [1.54, 1.807) is 11.8 Å². The van der Waals surface area contributed by atoms with Crippen LogP contribution in [0, 0.1) is 0 Å². The minimum atomic E-state index is -0.432. The molecule has 0 aromatic carbocycles. The summed E-state index contributed by atoms with van der Waals surface area (Å²) < 4.78 is 3.94. The molecule has 4 N–H and O–H groups in total. The number of anilines is 2. The first-order valence-corrected chi connectivity index (χ1v) is 6.24. The minimum absolute atomic E-state index is 0.00132. The van der Waals surface area contributed by atoms with Gasteiger partial charge < -0.3 is 21.3 Å². The fourth-order valence-corrected chi connectivity index (χ4v) is 2.41. The molecule has 1 amide bonds. The van der Waals surface area contributed by atoms with E-state index in [0.717, 1.165) is 18.2 Å². The summed E-state index contributed by atoms with van der Waals surface area (Å²) in [5.74, 6) is 0.306. The molecule has 1 aliphatic rings. The lowest BCUT2D eigenvalue weighted by atomic mass is 10.2. The van der Waals surface area contributed by atoms with Crippen LogP contribution in [0.3, 0.4) is 0 Å². The monoisotopic (exact) mass is 256 g/mol. The number of rotatable bonds is 2. The van der Waals surface area contributed by atoms with Crippen molar-refractivity contribution in [2.24, 2.45) is 5.73 Å². The normalized spacial score (nSPS) is 18.2. The fraction of sp³-hybridized carbons (Fsp3) is 0.667. The largest absolute Gasteiger partial charge is 0.367 e. The van der Waals surface area contributed by atoms with Gasteiger partial charge in [-0.15, -0.1) is 0 Å². The summed E-state index contributed by atoms with van der Waals surface area (Å²) in [4.78, 5) is 19.7. The molecular weight excluding hydrogens is 240 g/mol. The number of nitrogens with zero attached hydrogens (tertiary/aromatic N) is 4. The van der Waals surface area contributed by atoms with Gasteiger partial charge in [-0.05, 0) is 6.92 Å². The molecular formula is C9H16N6OS. The molecule has 1 aromatic heterocycles. The Bertz CT molecular complexity index is 398. The molecule has 2 heterocycles. The van der Waals surface area contributed by atoms with E-state index in [9.17, 15) is 4.79 Å². The van der Waals surface area contributed by atoms with Gasteiger partial charge in [-0.1, -0.05) is 0 Å². The zero-order chi connectivity index (χ0) is 12.4. The highest BCUT2D eigenvalue weighted by molar-refractivity contribution is 7.09. The standard InChI is InChI=1S/C9H16N6OS/c1-6(10)7(16)14-2-4-15(5-3-14)9-12-8(11)13-17-9/h6H,2-5,10H2,1H3,(H2,11,13)/t6-/m1/s1. The Kier molecular flexibility index (Phi) is 3.43. The smallest absolute Gasteiger partial charge is 0.239 e. The number of nitrogen functional groups attached to an aromatic ring is 1. The van der Waals surface area contributed by atoms with Crippen molar-refractivity contribution in [2.75, 3.05) is 36.8 Å². The zero-order valence-electron chi connectivity index (χ0n) is 9.67. The molecule has 0 bridgehead atoms. The predicted molar refractivity (Wildman–Crippen MR) is 66.8 cm³/mol. The lowest BCUT2D eigenvalue weighted by Crippen LogP contribution is -2.52. The van der Waals surface area contributed by atoms with Crippen molar-refractivity contribution in [3.63, 3.8) is 0 Å². The van der Waals surface area contributed by atoms with E-state index in [0.29, 0.717) is 19.0 Å². The third-order valence-electron chi connectivity index (χ3n) is 2.68. The summed E-state index contributed by atoms with van der Waals surface area (Å²) in [5, 5.41) is 0.815. The van der Waals surface area contributed by atoms with E-state index < -0.39 is 6.04 Å². The van der Waals surface area contributed by atoms with Gasteiger partial charge in [-0.3, -0.25) is 4.79 Å². The van der Waals surface area contributed by atoms with Crippen molar-refractivity contribution in [1.29, 1.82) is 0 Å². The maximum absolute atomic E-state index is 11.7. The zero-order valence-corrected chi connectivity index (χ0v) is 10.5. The maximum atomic E-state index is 11.7. The minimum Gasteiger partial charge on any atom is -0.367 e. The van der Waals surface area contributed by atoms with Gasteiger partial charge >= 0.3 is 0 Å². The molecule has 94 valence electrons. The number of aromatic nitrogens is 2. The van der Waals surface area contributed by atoms with Gasteiger partial charge in [0.15, 0.2) is 0 Å². The van der Waals surface area contributed by atoms with Crippen LogP contribution in [0.2, 0.25) is 0 Å². The first-order chi connectivity index (χ1) is 8.08. The second kappa shape index (κ2) is 4.84. The quantitative estimate of drug-likeness (QED) is 0.712. The Labute approximate surface area is 104 Å². The van der Waals surface area contributed by atoms with E-state index >= 15 is 0 Å². The number of carbonyl (C=O) groups is 1. The molecule has 1 atom stereocenters. The average Bonchev–Trinajstić information content (AvgIpc) is 2.75. The second-order valence-electron chi connectivity index (χ2n) is 4.04. The molecule has 1 saturated heterocycles. The second-order valence-corrected chi connectivity index (χ2v) is 4.77. The molecule has 1 aromatic rings. The van der Waals surface area contributed by atoms with Gasteiger partial charge in [-0.25, -0.2) is 0 Å². The predicted octanol–water partition coefficient (Wildman–Crippen LogP) is -0.884. The van der Waals surface area contributed by atoms with Crippen LogP contribution in [-0.4, -0.2) is 52.4 Å². The highest BCUT2D eigenvalue weighted by Crippen LogP contribution is 2.19. The van der Waals surface area contributed by atoms with Gasteiger partial charge in [0.1, 0.15) is 0 Å². The van der Waals surface area contributed by atoms with E-state index in [4.69, 9.17) is 11.5 Å². The Morgan fingerprint density at radius 3 is 2.53 bits per heavy atom. The number of nitrogens with two attached hydrogens (primary N) is 2. The van der Waals surface area contributed by atoms with Gasteiger partial charge in [0.2, 0.25) is 17.0 Å². The van der Waals surface area contributed by atoms with Crippen molar-refractivity contribution < 1.29 is 4.79 Å². The third kappa shape index (κ3) is 2.64. The molecule has 2 rings (SSSR count). The molecule has 1 aliphatic heterocycles. The SMILES string of the molecule is C[C@@H](N)C(=O)N1CCN(c2nc(N)ns2)CC1. The molecule has 1 fully saturated rings. The first-order valence-electron chi connectivity index (χ1n) is 5.46. The summed E-state index contributed by atoms with van der Waals surface area (Å²) in [7, 11) is 0. The number of hydrogen-bond acceptors (Lipinski definition) is 7. The highest BCUT2D eigenvalue weighted by atomic mass is 32.1. The van der Waals surface area contributed by atoms with Crippen LogP contribution < -0.4 is 16.4 Å². The van der Waals surface area contributed by atoms with Crippen molar-refractivity contribution in [3.8, 4) is 0 Å². The van der Waals surface area contributed by atoms with Crippen LogP contribution in [0.25, 0.3) is 0 Å². The Hall–Kier alpha value is -1.41. The maximum Gasteiger partial charge on any atom is 0.239 e. The summed E-state index contributed by atoms with van der Waals surface area (Å²) in [6.45, 7) is 4.53. The summed E-state index contributed by atoms with van der Waals surface area (Å²) >= 11 is 1.28. The van der Waals surface area contributed by atoms with Crippen molar-refractivity contribution in [1.82, 2.24) is 14.3 Å². The van der Waals surface area contributed by atoms with Crippen LogP contribution in [0.1, 0.15) is 6.92 Å². The fourth-order valence-electron chi connectivity index (χ4n) is 1.76. The lowest BCUT2D eigenvalue weighted by molar-refractivity contribution is -0.132. The average molecular weight is 256 g/mol. The van der Waals surface area contributed by atoms with Crippen molar-refractivity contribution in [2.45, 2.75) is 13.0 Å². The van der Waals surface area contributed by atoms with Crippen molar-refractivity contribution in [3.05, 3.63) is 0 Å². The van der Waals surface area contributed by atoms with E-state index in [1.807, 2.05) is 0 Å². The Morgan fingerprint density at radius 2 is 2.06 bits per heavy atom. The molecule has 0 spiro atoms.